The molecule has 0 aliphatic heterocycles. The van der Waals surface area contributed by atoms with Gasteiger partial charge in [-0.15, -0.1) is 18.2 Å². The summed E-state index contributed by atoms with van der Waals surface area (Å²) in [5, 5.41) is 3.28. The van der Waals surface area contributed by atoms with Crippen molar-refractivity contribution in [2.24, 2.45) is 0 Å². The molecular weight excluding hydrogens is 220 g/mol. The van der Waals surface area contributed by atoms with Crippen molar-refractivity contribution in [3.63, 3.8) is 0 Å². The molecule has 0 aliphatic carbocycles. The second-order valence-corrected chi connectivity index (χ2v) is 4.25. The van der Waals surface area contributed by atoms with E-state index in [9.17, 15) is 0 Å². The monoisotopic (exact) mass is 236 g/mol. The van der Waals surface area contributed by atoms with Crippen LogP contribution >= 0.6 is 11.8 Å². The molecule has 0 atom stereocenters. The highest BCUT2D eigenvalue weighted by Gasteiger charge is 1.99. The maximum absolute atomic E-state index is 5.72. The van der Waals surface area contributed by atoms with Gasteiger partial charge in [0.2, 0.25) is 0 Å². The van der Waals surface area contributed by atoms with E-state index in [0.717, 1.165) is 23.7 Å². The van der Waals surface area contributed by atoms with Crippen molar-refractivity contribution in [2.75, 3.05) is 36.2 Å². The molecule has 0 amide bonds. The first-order valence-electron chi connectivity index (χ1n) is 4.96. The second kappa shape index (κ2) is 6.91. The number of methoxy groups -OCH3 is 1. The lowest BCUT2D eigenvalue weighted by Crippen LogP contribution is -2.04. The van der Waals surface area contributed by atoms with Crippen LogP contribution in [0.4, 0.5) is 11.4 Å². The highest BCUT2D eigenvalue weighted by molar-refractivity contribution is 7.99. The number of hydrogen-bond acceptors (Lipinski definition) is 4. The lowest BCUT2D eigenvalue weighted by Gasteiger charge is -2.09. The Morgan fingerprint density at radius 1 is 1.56 bits per heavy atom. The van der Waals surface area contributed by atoms with Gasteiger partial charge in [-0.1, -0.05) is 5.92 Å². The van der Waals surface area contributed by atoms with E-state index < -0.39 is 0 Å². The average molecular weight is 236 g/mol. The van der Waals surface area contributed by atoms with Crippen LogP contribution in [-0.4, -0.2) is 25.2 Å². The number of hydrogen-bond donors (Lipinski definition) is 2. The predicted octanol–water partition coefficient (Wildman–Crippen LogP) is 2.06. The van der Waals surface area contributed by atoms with Crippen molar-refractivity contribution in [1.29, 1.82) is 0 Å². The van der Waals surface area contributed by atoms with E-state index in [4.69, 9.17) is 16.9 Å². The molecule has 0 aromatic heterocycles. The van der Waals surface area contributed by atoms with E-state index >= 15 is 0 Å². The molecule has 0 heterocycles. The summed E-state index contributed by atoms with van der Waals surface area (Å²) < 4.78 is 5.13. The number of benzene rings is 1. The molecule has 0 bridgehead atoms. The fraction of sp³-hybridized carbons (Fsp3) is 0.333. The second-order valence-electron chi connectivity index (χ2n) is 3.14. The van der Waals surface area contributed by atoms with Crippen LogP contribution in [-0.2, 0) is 0 Å². The summed E-state index contributed by atoms with van der Waals surface area (Å²) in [6.45, 7) is 0.874. The summed E-state index contributed by atoms with van der Waals surface area (Å²) in [6, 6.07) is 5.65. The highest BCUT2D eigenvalue weighted by atomic mass is 32.2. The van der Waals surface area contributed by atoms with Crippen LogP contribution in [0.5, 0.6) is 5.75 Å². The third kappa shape index (κ3) is 3.95. The van der Waals surface area contributed by atoms with Gasteiger partial charge >= 0.3 is 0 Å². The molecular formula is C12H16N2OS. The minimum absolute atomic E-state index is 0.648. The normalized spacial score (nSPS) is 9.50. The number of nitrogen functional groups attached to an aromatic ring is 1. The molecule has 16 heavy (non-hydrogen) atoms. The van der Waals surface area contributed by atoms with Crippen LogP contribution in [0.25, 0.3) is 0 Å². The first-order chi connectivity index (χ1) is 7.77. The van der Waals surface area contributed by atoms with Gasteiger partial charge in [0.05, 0.1) is 18.6 Å². The van der Waals surface area contributed by atoms with Crippen molar-refractivity contribution in [3.05, 3.63) is 18.2 Å². The van der Waals surface area contributed by atoms with Gasteiger partial charge in [-0.05, 0) is 12.1 Å². The molecule has 0 aliphatic rings. The van der Waals surface area contributed by atoms with Crippen molar-refractivity contribution in [2.45, 2.75) is 0 Å². The number of nitrogens with one attached hydrogen (secondary N) is 1. The Kier molecular flexibility index (Phi) is 5.44. The number of nitrogens with two attached hydrogens (primary N) is 1. The van der Waals surface area contributed by atoms with Gasteiger partial charge in [0.15, 0.2) is 0 Å². The molecule has 0 saturated carbocycles. The zero-order valence-corrected chi connectivity index (χ0v) is 10.1. The van der Waals surface area contributed by atoms with E-state index in [0.29, 0.717) is 11.4 Å². The number of terminal acetylenes is 1. The number of anilines is 2. The Bertz CT molecular complexity index is 374. The smallest absolute Gasteiger partial charge is 0.143 e. The quantitative estimate of drug-likeness (QED) is 0.451. The summed E-state index contributed by atoms with van der Waals surface area (Å²) in [5.74, 6) is 5.03. The molecule has 4 heteroatoms. The molecule has 86 valence electrons. The number of ether oxygens (including phenoxy) is 1. The molecule has 0 fully saturated rings. The minimum atomic E-state index is 0.648. The first kappa shape index (κ1) is 12.6. The van der Waals surface area contributed by atoms with E-state index in [-0.39, 0.29) is 0 Å². The summed E-state index contributed by atoms with van der Waals surface area (Å²) in [7, 11) is 1.61. The van der Waals surface area contributed by atoms with Gasteiger partial charge in [0.1, 0.15) is 5.75 Å². The van der Waals surface area contributed by atoms with Crippen LogP contribution in [0.1, 0.15) is 0 Å². The summed E-state index contributed by atoms with van der Waals surface area (Å²) in [4.78, 5) is 0. The zero-order valence-electron chi connectivity index (χ0n) is 9.32. The van der Waals surface area contributed by atoms with Crippen molar-refractivity contribution >= 4 is 23.1 Å². The lowest BCUT2D eigenvalue weighted by atomic mass is 10.2. The Balaban J connectivity index is 2.40. The molecule has 3 N–H and O–H groups in total. The van der Waals surface area contributed by atoms with E-state index in [1.54, 1.807) is 18.9 Å². The Morgan fingerprint density at radius 2 is 2.38 bits per heavy atom. The number of thioether (sulfide) groups is 1. The van der Waals surface area contributed by atoms with Crippen LogP contribution in [0, 0.1) is 12.3 Å². The summed E-state index contributed by atoms with van der Waals surface area (Å²) in [5.41, 5.74) is 7.37. The van der Waals surface area contributed by atoms with Gasteiger partial charge in [0.25, 0.3) is 0 Å². The van der Waals surface area contributed by atoms with Crippen LogP contribution in [0.2, 0.25) is 0 Å². The Morgan fingerprint density at radius 3 is 3.06 bits per heavy atom. The molecule has 0 unspecified atom stereocenters. The summed E-state index contributed by atoms with van der Waals surface area (Å²) in [6.07, 6.45) is 5.15. The van der Waals surface area contributed by atoms with Gasteiger partial charge in [-0.3, -0.25) is 0 Å². The Hall–Kier alpha value is -1.47. The fourth-order valence-corrected chi connectivity index (χ4v) is 1.73. The van der Waals surface area contributed by atoms with E-state index in [1.165, 1.54) is 0 Å². The molecule has 3 nitrogen and oxygen atoms in total. The molecule has 1 aromatic rings. The fourth-order valence-electron chi connectivity index (χ4n) is 1.22. The van der Waals surface area contributed by atoms with E-state index in [1.807, 2.05) is 18.2 Å². The SMILES string of the molecule is C#CCSCCNc1ccc(N)c(OC)c1. The van der Waals surface area contributed by atoms with Gasteiger partial charge in [0, 0.05) is 24.1 Å². The molecule has 1 rings (SSSR count). The van der Waals surface area contributed by atoms with Crippen molar-refractivity contribution in [1.82, 2.24) is 0 Å². The Labute approximate surface area is 101 Å². The van der Waals surface area contributed by atoms with Crippen molar-refractivity contribution in [3.8, 4) is 18.1 Å². The maximum Gasteiger partial charge on any atom is 0.143 e. The van der Waals surface area contributed by atoms with Gasteiger partial charge in [-0.2, -0.15) is 0 Å². The highest BCUT2D eigenvalue weighted by Crippen LogP contribution is 2.24. The topological polar surface area (TPSA) is 47.3 Å². The van der Waals surface area contributed by atoms with Gasteiger partial charge < -0.3 is 15.8 Å². The third-order valence-corrected chi connectivity index (χ3v) is 2.86. The van der Waals surface area contributed by atoms with Gasteiger partial charge in [-0.25, -0.2) is 0 Å². The summed E-state index contributed by atoms with van der Waals surface area (Å²) >= 11 is 1.73. The maximum atomic E-state index is 5.72. The molecule has 0 saturated heterocycles. The zero-order chi connectivity index (χ0) is 11.8. The lowest BCUT2D eigenvalue weighted by molar-refractivity contribution is 0.417. The third-order valence-electron chi connectivity index (χ3n) is 1.99. The standard InChI is InChI=1S/C12H16N2OS/c1-3-7-16-8-6-14-10-4-5-11(13)12(9-10)15-2/h1,4-5,9,14H,6-8,13H2,2H3. The molecule has 0 spiro atoms. The van der Waals surface area contributed by atoms with Crippen LogP contribution < -0.4 is 15.8 Å². The van der Waals surface area contributed by atoms with Crippen LogP contribution in [0.3, 0.4) is 0 Å². The predicted molar refractivity (Wildman–Crippen MR) is 72.1 cm³/mol. The largest absolute Gasteiger partial charge is 0.495 e. The minimum Gasteiger partial charge on any atom is -0.495 e. The van der Waals surface area contributed by atoms with Crippen molar-refractivity contribution < 1.29 is 4.74 Å². The van der Waals surface area contributed by atoms with Crippen LogP contribution in [0.15, 0.2) is 18.2 Å². The van der Waals surface area contributed by atoms with E-state index in [2.05, 4.69) is 11.2 Å². The molecule has 1 aromatic carbocycles. The molecule has 0 radical (unpaired) electrons. The first-order valence-corrected chi connectivity index (χ1v) is 6.12. The number of rotatable bonds is 6. The average Bonchev–Trinajstić information content (AvgIpc) is 2.31.